The van der Waals surface area contributed by atoms with E-state index in [0.717, 1.165) is 44.8 Å². The van der Waals surface area contributed by atoms with Crippen molar-refractivity contribution in [2.24, 2.45) is 0 Å². The molecule has 0 radical (unpaired) electrons. The third kappa shape index (κ3) is 4.36. The van der Waals surface area contributed by atoms with Gasteiger partial charge in [0.1, 0.15) is 6.33 Å². The lowest BCUT2D eigenvalue weighted by Crippen LogP contribution is -2.39. The number of benzene rings is 1. The SMILES string of the molecule is O=C(NCCCN1CCOCC1)[C@@H](c1ccccc1)n1cnnn1. The molecule has 1 fully saturated rings. The van der Waals surface area contributed by atoms with Crippen LogP contribution in [-0.4, -0.2) is 70.4 Å². The van der Waals surface area contributed by atoms with Gasteiger partial charge in [0.15, 0.2) is 6.04 Å². The molecular weight excluding hydrogens is 308 g/mol. The second-order valence-corrected chi connectivity index (χ2v) is 5.70. The second kappa shape index (κ2) is 8.51. The second-order valence-electron chi connectivity index (χ2n) is 5.70. The zero-order valence-corrected chi connectivity index (χ0v) is 13.5. The smallest absolute Gasteiger partial charge is 0.249 e. The van der Waals surface area contributed by atoms with Gasteiger partial charge in [-0.1, -0.05) is 30.3 Å². The number of carbonyl (C=O) groups is 1. The van der Waals surface area contributed by atoms with Crippen LogP contribution in [0.3, 0.4) is 0 Å². The summed E-state index contributed by atoms with van der Waals surface area (Å²) in [5.41, 5.74) is 0.857. The summed E-state index contributed by atoms with van der Waals surface area (Å²) in [6.07, 6.45) is 2.37. The van der Waals surface area contributed by atoms with Crippen molar-refractivity contribution in [1.82, 2.24) is 30.4 Å². The Hall–Kier alpha value is -2.32. The first kappa shape index (κ1) is 16.5. The average Bonchev–Trinajstić information content (AvgIpc) is 3.15. The van der Waals surface area contributed by atoms with Crippen molar-refractivity contribution in [3.8, 4) is 0 Å². The summed E-state index contributed by atoms with van der Waals surface area (Å²) in [4.78, 5) is 15.0. The lowest BCUT2D eigenvalue weighted by molar-refractivity contribution is -0.123. The van der Waals surface area contributed by atoms with Gasteiger partial charge >= 0.3 is 0 Å². The molecule has 2 aromatic rings. The summed E-state index contributed by atoms with van der Waals surface area (Å²) in [5.74, 6) is -0.101. The Bertz CT molecular complexity index is 613. The molecule has 0 aliphatic carbocycles. The minimum atomic E-state index is -0.551. The number of rotatable bonds is 7. The third-order valence-electron chi connectivity index (χ3n) is 4.05. The Labute approximate surface area is 140 Å². The number of morpholine rings is 1. The molecule has 1 atom stereocenters. The number of aromatic nitrogens is 4. The fraction of sp³-hybridized carbons (Fsp3) is 0.500. The molecule has 24 heavy (non-hydrogen) atoms. The summed E-state index contributed by atoms with van der Waals surface area (Å²) in [6.45, 7) is 5.10. The van der Waals surface area contributed by atoms with Gasteiger partial charge in [0.2, 0.25) is 5.91 Å². The molecule has 1 aromatic heterocycles. The molecule has 1 aliphatic heterocycles. The number of hydrogen-bond donors (Lipinski definition) is 1. The molecule has 1 saturated heterocycles. The molecule has 1 aromatic carbocycles. The van der Waals surface area contributed by atoms with Gasteiger partial charge in [0.05, 0.1) is 13.2 Å². The number of amides is 1. The van der Waals surface area contributed by atoms with Crippen LogP contribution in [0.2, 0.25) is 0 Å². The molecule has 8 nitrogen and oxygen atoms in total. The molecule has 3 rings (SSSR count). The zero-order chi connectivity index (χ0) is 16.6. The number of nitrogens with zero attached hydrogens (tertiary/aromatic N) is 5. The van der Waals surface area contributed by atoms with E-state index in [2.05, 4.69) is 25.7 Å². The number of carbonyl (C=O) groups excluding carboxylic acids is 1. The Morgan fingerprint density at radius 3 is 2.75 bits per heavy atom. The van der Waals surface area contributed by atoms with Crippen molar-refractivity contribution < 1.29 is 9.53 Å². The van der Waals surface area contributed by atoms with Crippen LogP contribution < -0.4 is 5.32 Å². The summed E-state index contributed by atoms with van der Waals surface area (Å²) >= 11 is 0. The minimum Gasteiger partial charge on any atom is -0.379 e. The topological polar surface area (TPSA) is 85.2 Å². The van der Waals surface area contributed by atoms with Crippen LogP contribution in [0.4, 0.5) is 0 Å². The maximum atomic E-state index is 12.6. The first-order valence-corrected chi connectivity index (χ1v) is 8.20. The van der Waals surface area contributed by atoms with Crippen molar-refractivity contribution in [3.63, 3.8) is 0 Å². The van der Waals surface area contributed by atoms with E-state index in [1.807, 2.05) is 30.3 Å². The fourth-order valence-electron chi connectivity index (χ4n) is 2.78. The van der Waals surface area contributed by atoms with Crippen LogP contribution >= 0.6 is 0 Å². The van der Waals surface area contributed by atoms with Gasteiger partial charge in [-0.25, -0.2) is 4.68 Å². The van der Waals surface area contributed by atoms with Crippen LogP contribution in [0, 0.1) is 0 Å². The van der Waals surface area contributed by atoms with E-state index in [1.165, 1.54) is 11.0 Å². The van der Waals surface area contributed by atoms with Crippen LogP contribution in [-0.2, 0) is 9.53 Å². The summed E-state index contributed by atoms with van der Waals surface area (Å²) < 4.78 is 6.81. The first-order valence-electron chi connectivity index (χ1n) is 8.20. The van der Waals surface area contributed by atoms with Crippen molar-refractivity contribution in [1.29, 1.82) is 0 Å². The molecule has 0 bridgehead atoms. The molecular formula is C16H22N6O2. The molecule has 0 saturated carbocycles. The third-order valence-corrected chi connectivity index (χ3v) is 4.05. The molecule has 1 N–H and O–H groups in total. The van der Waals surface area contributed by atoms with E-state index < -0.39 is 6.04 Å². The van der Waals surface area contributed by atoms with E-state index in [1.54, 1.807) is 0 Å². The molecule has 8 heteroatoms. The fourth-order valence-corrected chi connectivity index (χ4v) is 2.78. The summed E-state index contributed by atoms with van der Waals surface area (Å²) in [5, 5.41) is 14.2. The van der Waals surface area contributed by atoms with E-state index in [-0.39, 0.29) is 5.91 Å². The van der Waals surface area contributed by atoms with E-state index in [9.17, 15) is 4.79 Å². The quantitative estimate of drug-likeness (QED) is 0.725. The van der Waals surface area contributed by atoms with Crippen LogP contribution in [0.15, 0.2) is 36.7 Å². The average molecular weight is 330 g/mol. The Kier molecular flexibility index (Phi) is 5.86. The lowest BCUT2D eigenvalue weighted by atomic mass is 10.1. The van der Waals surface area contributed by atoms with Gasteiger partial charge in [-0.15, -0.1) is 5.10 Å². The highest BCUT2D eigenvalue weighted by molar-refractivity contribution is 5.83. The normalized spacial score (nSPS) is 16.7. The number of tetrazole rings is 1. The van der Waals surface area contributed by atoms with Crippen molar-refractivity contribution in [2.45, 2.75) is 12.5 Å². The largest absolute Gasteiger partial charge is 0.379 e. The van der Waals surface area contributed by atoms with Crippen molar-refractivity contribution in [2.75, 3.05) is 39.4 Å². The molecule has 128 valence electrons. The zero-order valence-electron chi connectivity index (χ0n) is 13.5. The number of hydrogen-bond acceptors (Lipinski definition) is 6. The van der Waals surface area contributed by atoms with Gasteiger partial charge in [-0.05, 0) is 29.0 Å². The summed E-state index contributed by atoms with van der Waals surface area (Å²) in [7, 11) is 0. The number of ether oxygens (including phenoxy) is 1. The van der Waals surface area contributed by atoms with Gasteiger partial charge < -0.3 is 10.1 Å². The maximum absolute atomic E-state index is 12.6. The van der Waals surface area contributed by atoms with Crippen LogP contribution in [0.5, 0.6) is 0 Å². The molecule has 2 heterocycles. The standard InChI is InChI=1S/C16H22N6O2/c23-16(17-7-4-8-21-9-11-24-12-10-21)15(22-13-18-19-20-22)14-5-2-1-3-6-14/h1-3,5-6,13,15H,4,7-12H2,(H,17,23)/t15-/m1/s1. The van der Waals surface area contributed by atoms with Gasteiger partial charge in [-0.3, -0.25) is 9.69 Å². The highest BCUT2D eigenvalue weighted by Gasteiger charge is 2.23. The van der Waals surface area contributed by atoms with E-state index in [0.29, 0.717) is 6.54 Å². The highest BCUT2D eigenvalue weighted by Crippen LogP contribution is 2.16. The molecule has 1 amide bonds. The van der Waals surface area contributed by atoms with Crippen molar-refractivity contribution in [3.05, 3.63) is 42.2 Å². The maximum Gasteiger partial charge on any atom is 0.249 e. The molecule has 1 aliphatic rings. The predicted molar refractivity (Wildman–Crippen MR) is 87.3 cm³/mol. The number of nitrogens with one attached hydrogen (secondary N) is 1. The minimum absolute atomic E-state index is 0.101. The van der Waals surface area contributed by atoms with E-state index in [4.69, 9.17) is 4.74 Å². The lowest BCUT2D eigenvalue weighted by Gasteiger charge is -2.26. The molecule has 0 unspecified atom stereocenters. The van der Waals surface area contributed by atoms with Crippen LogP contribution in [0.1, 0.15) is 18.0 Å². The van der Waals surface area contributed by atoms with Crippen molar-refractivity contribution >= 4 is 5.91 Å². The summed E-state index contributed by atoms with van der Waals surface area (Å²) in [6, 6.07) is 8.97. The Morgan fingerprint density at radius 2 is 2.04 bits per heavy atom. The van der Waals surface area contributed by atoms with Gasteiger partial charge in [0, 0.05) is 19.6 Å². The highest BCUT2D eigenvalue weighted by atomic mass is 16.5. The molecule has 0 spiro atoms. The first-order chi connectivity index (χ1) is 11.8. The van der Waals surface area contributed by atoms with Crippen LogP contribution in [0.25, 0.3) is 0 Å². The Morgan fingerprint density at radius 1 is 1.25 bits per heavy atom. The predicted octanol–water partition coefficient (Wildman–Crippen LogP) is 0.101. The van der Waals surface area contributed by atoms with Gasteiger partial charge in [0.25, 0.3) is 0 Å². The Balaban J connectivity index is 1.54. The van der Waals surface area contributed by atoms with E-state index >= 15 is 0 Å². The monoisotopic (exact) mass is 330 g/mol. The van der Waals surface area contributed by atoms with Gasteiger partial charge in [-0.2, -0.15) is 0 Å².